The van der Waals surface area contributed by atoms with Crippen LogP contribution in [0, 0.1) is 18.9 Å². The summed E-state index contributed by atoms with van der Waals surface area (Å²) in [5.41, 5.74) is 0. The van der Waals surface area contributed by atoms with Gasteiger partial charge in [-0.1, -0.05) is 20.3 Å². The minimum atomic E-state index is 0.602. The van der Waals surface area contributed by atoms with Gasteiger partial charge in [0.05, 0.1) is 0 Å². The van der Waals surface area contributed by atoms with Crippen molar-refractivity contribution in [1.29, 1.82) is 0 Å². The van der Waals surface area contributed by atoms with Gasteiger partial charge in [0.1, 0.15) is 0 Å². The highest BCUT2D eigenvalue weighted by molar-refractivity contribution is 7.78. The summed E-state index contributed by atoms with van der Waals surface area (Å²) in [6, 6.07) is 0. The summed E-state index contributed by atoms with van der Waals surface area (Å²) in [5.74, 6) is 0.602. The van der Waals surface area contributed by atoms with Crippen molar-refractivity contribution in [3.05, 3.63) is 13.0 Å². The van der Waals surface area contributed by atoms with Crippen molar-refractivity contribution < 1.29 is 0 Å². The van der Waals surface area contributed by atoms with Gasteiger partial charge in [-0.15, -0.1) is 0 Å². The average molecular weight is 126 g/mol. The molecule has 0 aliphatic carbocycles. The first-order valence-electron chi connectivity index (χ1n) is 2.70. The molecule has 0 spiro atoms. The van der Waals surface area contributed by atoms with Gasteiger partial charge in [0.15, 0.2) is 0 Å². The number of hydrogen-bond donors (Lipinski definition) is 0. The first-order chi connectivity index (χ1) is 3.81. The molecule has 0 saturated heterocycles. The van der Waals surface area contributed by atoms with Gasteiger partial charge < -0.3 is 0 Å². The van der Waals surface area contributed by atoms with E-state index in [9.17, 15) is 0 Å². The van der Waals surface area contributed by atoms with Crippen LogP contribution in [0.25, 0.3) is 0 Å². The molecule has 0 aromatic carbocycles. The predicted molar refractivity (Wildman–Crippen MR) is 39.6 cm³/mol. The molecule has 0 saturated carbocycles. The fourth-order valence-corrected chi connectivity index (χ4v) is 0.401. The highest BCUT2D eigenvalue weighted by atomic mass is 32.1. The van der Waals surface area contributed by atoms with Crippen LogP contribution in [0.3, 0.4) is 0 Å². The molecule has 1 unspecified atom stereocenters. The summed E-state index contributed by atoms with van der Waals surface area (Å²) in [4.78, 5) is 0. The number of allylic oxidation sites excluding steroid dienone is 1. The maximum Gasteiger partial charge on any atom is 0.0176 e. The minimum absolute atomic E-state index is 0.602. The number of hydrogen-bond acceptors (Lipinski definition) is 1. The molecule has 0 rings (SSSR count). The Morgan fingerprint density at radius 1 is 1.75 bits per heavy atom. The van der Waals surface area contributed by atoms with Gasteiger partial charge in [0.2, 0.25) is 0 Å². The molecule has 0 heterocycles. The van der Waals surface area contributed by atoms with Gasteiger partial charge in [-0.05, 0) is 29.6 Å². The molecule has 0 aliphatic heterocycles. The van der Waals surface area contributed by atoms with Crippen molar-refractivity contribution in [2.24, 2.45) is 5.92 Å². The summed E-state index contributed by atoms with van der Waals surface area (Å²) < 4.78 is 0. The van der Waals surface area contributed by atoms with E-state index in [0.717, 1.165) is 12.8 Å². The zero-order chi connectivity index (χ0) is 6.41. The Morgan fingerprint density at radius 3 is 2.75 bits per heavy atom. The third-order valence-electron chi connectivity index (χ3n) is 1.02. The molecular formula is C7H10S. The van der Waals surface area contributed by atoms with E-state index >= 15 is 0 Å². The number of thiocarbonyl (C=S) groups is 1. The van der Waals surface area contributed by atoms with Crippen LogP contribution in [0.1, 0.15) is 19.8 Å². The van der Waals surface area contributed by atoms with Gasteiger partial charge in [-0.25, -0.2) is 0 Å². The molecule has 44 valence electrons. The van der Waals surface area contributed by atoms with E-state index in [2.05, 4.69) is 37.2 Å². The Balaban J connectivity index is 3.23. The van der Waals surface area contributed by atoms with E-state index in [-0.39, 0.29) is 0 Å². The Hall–Kier alpha value is -0.130. The van der Waals surface area contributed by atoms with Crippen LogP contribution in [-0.2, 0) is 0 Å². The summed E-state index contributed by atoms with van der Waals surface area (Å²) in [5, 5.41) is 2.44. The van der Waals surface area contributed by atoms with E-state index in [1.807, 2.05) is 0 Å². The third kappa shape index (κ3) is 4.04. The summed E-state index contributed by atoms with van der Waals surface area (Å²) in [7, 11) is 0. The molecule has 0 fully saturated rings. The fourth-order valence-electron chi connectivity index (χ4n) is 0.318. The highest BCUT2D eigenvalue weighted by Gasteiger charge is 1.92. The quantitative estimate of drug-likeness (QED) is 0.522. The molecule has 0 nitrogen and oxygen atoms in total. The van der Waals surface area contributed by atoms with E-state index < -0.39 is 0 Å². The second kappa shape index (κ2) is 5.02. The van der Waals surface area contributed by atoms with Gasteiger partial charge in [-0.2, -0.15) is 0 Å². The van der Waals surface area contributed by atoms with Crippen molar-refractivity contribution in [3.63, 3.8) is 0 Å². The van der Waals surface area contributed by atoms with Crippen LogP contribution in [0.4, 0.5) is 0 Å². The van der Waals surface area contributed by atoms with Crippen LogP contribution in [0.15, 0.2) is 0 Å². The van der Waals surface area contributed by atoms with E-state index in [1.165, 1.54) is 0 Å². The molecule has 0 amide bonds. The lowest BCUT2D eigenvalue weighted by atomic mass is 10.1. The fraction of sp³-hybridized carbons (Fsp3) is 0.571. The Kier molecular flexibility index (Phi) is 4.93. The van der Waals surface area contributed by atoms with Crippen molar-refractivity contribution in [2.75, 3.05) is 0 Å². The largest absolute Gasteiger partial charge is 0.0622 e. The molecule has 0 N–H and O–H groups in total. The number of rotatable bonds is 3. The Bertz CT molecular complexity index is 90.6. The van der Waals surface area contributed by atoms with Crippen LogP contribution >= 0.6 is 12.2 Å². The predicted octanol–water partition coefficient (Wildman–Crippen LogP) is 2.19. The van der Waals surface area contributed by atoms with E-state index in [0.29, 0.717) is 5.92 Å². The van der Waals surface area contributed by atoms with Gasteiger partial charge in [0.25, 0.3) is 0 Å². The first-order valence-corrected chi connectivity index (χ1v) is 3.11. The topological polar surface area (TPSA) is 0 Å². The Labute approximate surface area is 56.6 Å². The van der Waals surface area contributed by atoms with E-state index in [1.54, 1.807) is 0 Å². The maximum atomic E-state index is 4.44. The van der Waals surface area contributed by atoms with E-state index in [4.69, 9.17) is 0 Å². The van der Waals surface area contributed by atoms with Crippen LogP contribution in [0.5, 0.6) is 0 Å². The van der Waals surface area contributed by atoms with Gasteiger partial charge >= 0.3 is 0 Å². The third-order valence-corrected chi connectivity index (χ3v) is 1.16. The molecule has 8 heavy (non-hydrogen) atoms. The SMILES string of the molecule is [CH2]CC(C)C[C]=C=S. The van der Waals surface area contributed by atoms with Crippen molar-refractivity contribution in [1.82, 2.24) is 0 Å². The van der Waals surface area contributed by atoms with Crippen molar-refractivity contribution in [2.45, 2.75) is 19.8 Å². The summed E-state index contributed by atoms with van der Waals surface area (Å²) in [6.07, 6.45) is 4.67. The zero-order valence-corrected chi connectivity index (χ0v) is 5.92. The molecular weight excluding hydrogens is 116 g/mol. The lowest BCUT2D eigenvalue weighted by molar-refractivity contribution is 0.596. The Morgan fingerprint density at radius 2 is 2.38 bits per heavy atom. The lowest BCUT2D eigenvalue weighted by Crippen LogP contribution is -1.87. The standard InChI is InChI=1S/C7H10S/c1-3-7(2)5-4-6-8/h7H,1,3,5H2,2H3. The molecule has 2 radical (unpaired) electrons. The lowest BCUT2D eigenvalue weighted by Gasteiger charge is -1.99. The molecule has 0 aliphatic rings. The normalized spacial score (nSPS) is 12.2. The first kappa shape index (κ1) is 7.87. The summed E-state index contributed by atoms with van der Waals surface area (Å²) in [6.45, 7) is 5.85. The molecule has 0 aromatic heterocycles. The van der Waals surface area contributed by atoms with Crippen LogP contribution in [0.2, 0.25) is 0 Å². The summed E-state index contributed by atoms with van der Waals surface area (Å²) >= 11 is 4.44. The van der Waals surface area contributed by atoms with Crippen molar-refractivity contribution in [3.8, 4) is 0 Å². The second-order valence-corrected chi connectivity index (χ2v) is 2.08. The minimum Gasteiger partial charge on any atom is -0.0622 e. The monoisotopic (exact) mass is 126 g/mol. The van der Waals surface area contributed by atoms with Gasteiger partial charge in [-0.3, -0.25) is 0 Å². The smallest absolute Gasteiger partial charge is 0.0176 e. The zero-order valence-electron chi connectivity index (χ0n) is 5.11. The molecule has 0 bridgehead atoms. The average Bonchev–Trinajstić information content (AvgIpc) is 1.83. The molecule has 1 atom stereocenters. The highest BCUT2D eigenvalue weighted by Crippen LogP contribution is 2.03. The van der Waals surface area contributed by atoms with Crippen molar-refractivity contribution >= 4 is 17.2 Å². The second-order valence-electron chi connectivity index (χ2n) is 1.88. The molecule has 1 heteroatoms. The molecule has 0 aromatic rings. The van der Waals surface area contributed by atoms with Crippen LogP contribution in [-0.4, -0.2) is 5.02 Å². The van der Waals surface area contributed by atoms with Crippen LogP contribution < -0.4 is 0 Å². The maximum absolute atomic E-state index is 4.44. The van der Waals surface area contributed by atoms with Gasteiger partial charge in [0, 0.05) is 6.08 Å².